The molecule has 0 spiro atoms. The van der Waals surface area contributed by atoms with Crippen LogP contribution in [0.15, 0.2) is 12.1 Å². The summed E-state index contributed by atoms with van der Waals surface area (Å²) in [4.78, 5) is 2.47. The first-order valence-corrected chi connectivity index (χ1v) is 8.80. The highest BCUT2D eigenvalue weighted by atomic mass is 15.1. The van der Waals surface area contributed by atoms with Gasteiger partial charge >= 0.3 is 0 Å². The molecule has 1 aliphatic carbocycles. The molecule has 0 unspecified atom stereocenters. The van der Waals surface area contributed by atoms with Crippen LogP contribution in [0.2, 0.25) is 0 Å². The Morgan fingerprint density at radius 2 is 1.76 bits per heavy atom. The molecule has 1 nitrogen and oxygen atoms in total. The van der Waals surface area contributed by atoms with Crippen molar-refractivity contribution in [2.45, 2.75) is 77.2 Å². The Bertz CT molecular complexity index is 503. The molecule has 21 heavy (non-hydrogen) atoms. The largest absolute Gasteiger partial charge is 0.302 e. The Labute approximate surface area is 130 Å². The first kappa shape index (κ1) is 15.1. The van der Waals surface area contributed by atoms with E-state index in [1.165, 1.54) is 50.6 Å². The second kappa shape index (κ2) is 5.76. The van der Waals surface area contributed by atoms with E-state index in [1.54, 1.807) is 16.7 Å². The molecule has 1 saturated carbocycles. The maximum atomic E-state index is 2.57. The molecule has 1 heteroatoms. The molecule has 0 radical (unpaired) electrons. The summed E-state index contributed by atoms with van der Waals surface area (Å²) in [6.07, 6.45) is 8.38. The number of likely N-dealkylation sites (N-methyl/N-ethyl adjacent to an activating group) is 1. The zero-order valence-electron chi connectivity index (χ0n) is 14.3. The third-order valence-electron chi connectivity index (χ3n) is 5.47. The van der Waals surface area contributed by atoms with E-state index in [9.17, 15) is 0 Å². The summed E-state index contributed by atoms with van der Waals surface area (Å²) in [5, 5.41) is 0. The lowest BCUT2D eigenvalue weighted by atomic mass is 9.76. The molecule has 3 rings (SSSR count). The van der Waals surface area contributed by atoms with Crippen LogP contribution >= 0.6 is 0 Å². The lowest BCUT2D eigenvalue weighted by Crippen LogP contribution is -2.29. The SMILES string of the molecule is CN1CCc2c(cc(C(C)(C)C)cc2C2CCCCC2)C1. The van der Waals surface area contributed by atoms with Crippen molar-refractivity contribution in [1.29, 1.82) is 0 Å². The molecular weight excluding hydrogens is 254 g/mol. The number of fused-ring (bicyclic) bond motifs is 1. The Hall–Kier alpha value is -0.820. The van der Waals surface area contributed by atoms with E-state index < -0.39 is 0 Å². The normalized spacial score (nSPS) is 21.3. The second-order valence-corrected chi connectivity index (χ2v) is 8.28. The smallest absolute Gasteiger partial charge is 0.0233 e. The van der Waals surface area contributed by atoms with Crippen LogP contribution in [0.4, 0.5) is 0 Å². The maximum absolute atomic E-state index is 2.57. The average molecular weight is 285 g/mol. The number of hydrogen-bond donors (Lipinski definition) is 0. The Morgan fingerprint density at radius 3 is 2.43 bits per heavy atom. The average Bonchev–Trinajstić information content (AvgIpc) is 2.45. The van der Waals surface area contributed by atoms with Gasteiger partial charge in [-0.05, 0) is 59.9 Å². The standard InChI is InChI=1S/C20H31N/c1-20(2,3)17-12-16-14-21(4)11-10-18(16)19(13-17)15-8-6-5-7-9-15/h12-13,15H,5-11,14H2,1-4H3. The molecular formula is C20H31N. The van der Waals surface area contributed by atoms with Crippen LogP contribution < -0.4 is 0 Å². The Kier molecular flexibility index (Phi) is 4.14. The van der Waals surface area contributed by atoms with Gasteiger partial charge in [0.1, 0.15) is 0 Å². The molecule has 1 fully saturated rings. The quantitative estimate of drug-likeness (QED) is 0.700. The monoisotopic (exact) mass is 285 g/mol. The molecule has 1 aliphatic heterocycles. The van der Waals surface area contributed by atoms with Crippen LogP contribution in [0, 0.1) is 0 Å². The van der Waals surface area contributed by atoms with Crippen LogP contribution in [0.3, 0.4) is 0 Å². The van der Waals surface area contributed by atoms with Gasteiger partial charge in [-0.3, -0.25) is 0 Å². The van der Waals surface area contributed by atoms with Gasteiger partial charge in [0.15, 0.2) is 0 Å². The van der Waals surface area contributed by atoms with Crippen LogP contribution in [0.5, 0.6) is 0 Å². The van der Waals surface area contributed by atoms with E-state index >= 15 is 0 Å². The first-order chi connectivity index (χ1) is 9.95. The Balaban J connectivity index is 2.05. The molecule has 0 atom stereocenters. The van der Waals surface area contributed by atoms with Crippen LogP contribution in [-0.2, 0) is 18.4 Å². The zero-order chi connectivity index (χ0) is 15.0. The molecule has 116 valence electrons. The van der Waals surface area contributed by atoms with Gasteiger partial charge in [-0.15, -0.1) is 0 Å². The molecule has 0 aromatic heterocycles. The summed E-state index contributed by atoms with van der Waals surface area (Å²) in [7, 11) is 2.26. The van der Waals surface area contributed by atoms with Gasteiger partial charge in [0.25, 0.3) is 0 Å². The van der Waals surface area contributed by atoms with Gasteiger partial charge in [-0.2, -0.15) is 0 Å². The van der Waals surface area contributed by atoms with Crippen molar-refractivity contribution in [2.75, 3.05) is 13.6 Å². The van der Waals surface area contributed by atoms with Crippen molar-refractivity contribution in [1.82, 2.24) is 4.90 Å². The van der Waals surface area contributed by atoms with Crippen LogP contribution in [-0.4, -0.2) is 18.5 Å². The van der Waals surface area contributed by atoms with Gasteiger partial charge < -0.3 is 4.90 Å². The molecule has 0 amide bonds. The number of benzene rings is 1. The summed E-state index contributed by atoms with van der Waals surface area (Å²) in [6, 6.07) is 5.07. The number of nitrogens with zero attached hydrogens (tertiary/aromatic N) is 1. The van der Waals surface area contributed by atoms with Gasteiger partial charge in [-0.25, -0.2) is 0 Å². The van der Waals surface area contributed by atoms with Crippen molar-refractivity contribution in [3.63, 3.8) is 0 Å². The predicted octanol–water partition coefficient (Wildman–Crippen LogP) is 5.02. The molecule has 0 saturated heterocycles. The van der Waals surface area contributed by atoms with E-state index in [0.717, 1.165) is 12.5 Å². The van der Waals surface area contributed by atoms with Crippen LogP contribution in [0.1, 0.15) is 81.0 Å². The van der Waals surface area contributed by atoms with Gasteiger partial charge in [0.05, 0.1) is 0 Å². The molecule has 1 aromatic carbocycles. The number of hydrogen-bond acceptors (Lipinski definition) is 1. The number of rotatable bonds is 1. The second-order valence-electron chi connectivity index (χ2n) is 8.28. The van der Waals surface area contributed by atoms with Gasteiger partial charge in [0.2, 0.25) is 0 Å². The fourth-order valence-corrected chi connectivity index (χ4v) is 4.09. The van der Waals surface area contributed by atoms with Gasteiger partial charge in [0, 0.05) is 13.1 Å². The summed E-state index contributed by atoms with van der Waals surface area (Å²) in [5.74, 6) is 0.832. The predicted molar refractivity (Wildman–Crippen MR) is 91.0 cm³/mol. The third-order valence-corrected chi connectivity index (χ3v) is 5.47. The highest BCUT2D eigenvalue weighted by molar-refractivity contribution is 5.44. The van der Waals surface area contributed by atoms with Crippen molar-refractivity contribution in [3.05, 3.63) is 34.4 Å². The minimum atomic E-state index is 0.258. The molecule has 2 aliphatic rings. The van der Waals surface area contributed by atoms with Gasteiger partial charge in [-0.1, -0.05) is 52.2 Å². The summed E-state index contributed by atoms with van der Waals surface area (Å²) in [6.45, 7) is 9.42. The van der Waals surface area contributed by atoms with Crippen molar-refractivity contribution < 1.29 is 0 Å². The summed E-state index contributed by atoms with van der Waals surface area (Å²) >= 11 is 0. The van der Waals surface area contributed by atoms with Crippen molar-refractivity contribution in [2.24, 2.45) is 0 Å². The van der Waals surface area contributed by atoms with E-state index in [-0.39, 0.29) is 5.41 Å². The lowest BCUT2D eigenvalue weighted by Gasteiger charge is -2.33. The van der Waals surface area contributed by atoms with Crippen molar-refractivity contribution in [3.8, 4) is 0 Å². The molecule has 1 heterocycles. The molecule has 0 bridgehead atoms. The fraction of sp³-hybridized carbons (Fsp3) is 0.700. The van der Waals surface area contributed by atoms with Crippen molar-refractivity contribution >= 4 is 0 Å². The first-order valence-electron chi connectivity index (χ1n) is 8.80. The Morgan fingerprint density at radius 1 is 1.05 bits per heavy atom. The molecule has 1 aromatic rings. The van der Waals surface area contributed by atoms with E-state index in [1.807, 2.05) is 0 Å². The third kappa shape index (κ3) is 3.18. The molecule has 0 N–H and O–H groups in total. The van der Waals surface area contributed by atoms with E-state index in [2.05, 4.69) is 44.9 Å². The summed E-state index contributed by atoms with van der Waals surface area (Å²) < 4.78 is 0. The fourth-order valence-electron chi connectivity index (χ4n) is 4.09. The maximum Gasteiger partial charge on any atom is 0.0233 e. The minimum absolute atomic E-state index is 0.258. The van der Waals surface area contributed by atoms with E-state index in [0.29, 0.717) is 0 Å². The zero-order valence-corrected chi connectivity index (χ0v) is 14.3. The highest BCUT2D eigenvalue weighted by Crippen LogP contribution is 2.39. The minimum Gasteiger partial charge on any atom is -0.302 e. The topological polar surface area (TPSA) is 3.24 Å². The highest BCUT2D eigenvalue weighted by Gasteiger charge is 2.26. The van der Waals surface area contributed by atoms with E-state index in [4.69, 9.17) is 0 Å². The lowest BCUT2D eigenvalue weighted by molar-refractivity contribution is 0.310. The van der Waals surface area contributed by atoms with Crippen LogP contribution in [0.25, 0.3) is 0 Å². The summed E-state index contributed by atoms with van der Waals surface area (Å²) in [5.41, 5.74) is 6.82.